The van der Waals surface area contributed by atoms with Crippen molar-refractivity contribution in [2.45, 2.75) is 32.1 Å². The Kier molecular flexibility index (Phi) is 4.55. The van der Waals surface area contributed by atoms with Crippen LogP contribution in [0.25, 0.3) is 10.9 Å². The molecule has 1 amide bonds. The summed E-state index contributed by atoms with van der Waals surface area (Å²) in [5.41, 5.74) is 2.25. The Morgan fingerprint density at radius 1 is 1.32 bits per heavy atom. The van der Waals surface area contributed by atoms with Gasteiger partial charge in [0.25, 0.3) is 0 Å². The Morgan fingerprint density at radius 2 is 2.24 bits per heavy atom. The number of amides is 1. The molecule has 2 saturated carbocycles. The summed E-state index contributed by atoms with van der Waals surface area (Å²) in [5, 5.41) is 4.01. The van der Waals surface area contributed by atoms with Crippen LogP contribution in [0.4, 0.5) is 4.79 Å². The number of alkyl carbamates (subject to hydrolysis) is 1. The highest BCUT2D eigenvalue weighted by molar-refractivity contribution is 5.84. The summed E-state index contributed by atoms with van der Waals surface area (Å²) in [5.74, 6) is 3.11. The number of hydrogen-bond acceptors (Lipinski definition) is 3. The number of methoxy groups -OCH3 is 1. The second kappa shape index (κ2) is 6.98. The van der Waals surface area contributed by atoms with Crippen molar-refractivity contribution in [2.75, 3.05) is 20.3 Å². The molecule has 2 bridgehead atoms. The SMILES string of the molecule is COc1ccc2[nH]cc(CCNC(=O)OCC3CC4CCC3C4)c2c1. The molecule has 3 unspecified atom stereocenters. The molecule has 2 aliphatic carbocycles. The number of H-pyrrole nitrogens is 1. The van der Waals surface area contributed by atoms with Gasteiger partial charge in [0.05, 0.1) is 13.7 Å². The number of carbonyl (C=O) groups is 1. The Labute approximate surface area is 148 Å². The zero-order valence-corrected chi connectivity index (χ0v) is 14.7. The van der Waals surface area contributed by atoms with Gasteiger partial charge in [-0.1, -0.05) is 6.42 Å². The van der Waals surface area contributed by atoms with Crippen molar-refractivity contribution in [3.63, 3.8) is 0 Å². The van der Waals surface area contributed by atoms with Crippen molar-refractivity contribution >= 4 is 17.0 Å². The topological polar surface area (TPSA) is 63.3 Å². The van der Waals surface area contributed by atoms with Crippen LogP contribution in [-0.2, 0) is 11.2 Å². The molecule has 25 heavy (non-hydrogen) atoms. The largest absolute Gasteiger partial charge is 0.497 e. The van der Waals surface area contributed by atoms with Crippen LogP contribution in [0.2, 0.25) is 0 Å². The average Bonchev–Trinajstić information content (AvgIpc) is 3.35. The fraction of sp³-hybridized carbons (Fsp3) is 0.550. The molecule has 5 heteroatoms. The van der Waals surface area contributed by atoms with Gasteiger partial charge in [0, 0.05) is 23.6 Å². The summed E-state index contributed by atoms with van der Waals surface area (Å²) < 4.78 is 10.7. The zero-order chi connectivity index (χ0) is 17.2. The molecule has 3 atom stereocenters. The van der Waals surface area contributed by atoms with Crippen LogP contribution in [0.3, 0.4) is 0 Å². The molecule has 2 N–H and O–H groups in total. The number of ether oxygens (including phenoxy) is 2. The standard InChI is InChI=1S/C20H26N2O3/c1-24-17-4-5-19-18(10-17)15(11-22-19)6-7-21-20(23)25-12-16-9-13-2-3-14(16)8-13/h4-5,10-11,13-14,16,22H,2-3,6-9,12H2,1H3,(H,21,23). The number of rotatable bonds is 6. The molecule has 4 rings (SSSR count). The van der Waals surface area contributed by atoms with Crippen LogP contribution >= 0.6 is 0 Å². The summed E-state index contributed by atoms with van der Waals surface area (Å²) in [7, 11) is 1.67. The van der Waals surface area contributed by atoms with Crippen molar-refractivity contribution < 1.29 is 14.3 Å². The first kappa shape index (κ1) is 16.3. The van der Waals surface area contributed by atoms with E-state index in [2.05, 4.69) is 10.3 Å². The van der Waals surface area contributed by atoms with Gasteiger partial charge in [0.15, 0.2) is 0 Å². The van der Waals surface area contributed by atoms with Gasteiger partial charge in [-0.3, -0.25) is 0 Å². The second-order valence-corrected chi connectivity index (χ2v) is 7.44. The van der Waals surface area contributed by atoms with E-state index in [1.165, 1.54) is 31.2 Å². The highest BCUT2D eigenvalue weighted by atomic mass is 16.5. The van der Waals surface area contributed by atoms with Crippen molar-refractivity contribution in [1.29, 1.82) is 0 Å². The van der Waals surface area contributed by atoms with Crippen LogP contribution in [0, 0.1) is 17.8 Å². The molecule has 2 fully saturated rings. The molecule has 5 nitrogen and oxygen atoms in total. The minimum atomic E-state index is -0.291. The molecule has 0 aliphatic heterocycles. The van der Waals surface area contributed by atoms with Crippen molar-refractivity contribution in [3.05, 3.63) is 30.0 Å². The van der Waals surface area contributed by atoms with E-state index in [0.29, 0.717) is 19.1 Å². The first-order valence-electron chi connectivity index (χ1n) is 9.27. The Bertz CT molecular complexity index is 754. The Balaban J connectivity index is 1.24. The summed E-state index contributed by atoms with van der Waals surface area (Å²) >= 11 is 0. The lowest BCUT2D eigenvalue weighted by Crippen LogP contribution is -2.29. The van der Waals surface area contributed by atoms with Gasteiger partial charge in [-0.05, 0) is 67.2 Å². The highest BCUT2D eigenvalue weighted by Gasteiger charge is 2.39. The van der Waals surface area contributed by atoms with E-state index >= 15 is 0 Å². The lowest BCUT2D eigenvalue weighted by atomic mass is 9.90. The number of fused-ring (bicyclic) bond motifs is 3. The van der Waals surface area contributed by atoms with Gasteiger partial charge in [-0.15, -0.1) is 0 Å². The summed E-state index contributed by atoms with van der Waals surface area (Å²) in [6.45, 7) is 1.15. The van der Waals surface area contributed by atoms with E-state index in [1.807, 2.05) is 24.4 Å². The monoisotopic (exact) mass is 342 g/mol. The van der Waals surface area contributed by atoms with Gasteiger partial charge in [0.1, 0.15) is 5.75 Å². The van der Waals surface area contributed by atoms with E-state index in [0.717, 1.165) is 34.9 Å². The van der Waals surface area contributed by atoms with Gasteiger partial charge in [-0.25, -0.2) is 4.79 Å². The Hall–Kier alpha value is -2.17. The molecule has 1 aromatic carbocycles. The van der Waals surface area contributed by atoms with E-state index in [9.17, 15) is 4.79 Å². The van der Waals surface area contributed by atoms with Gasteiger partial charge >= 0.3 is 6.09 Å². The maximum Gasteiger partial charge on any atom is 0.407 e. The quantitative estimate of drug-likeness (QED) is 0.837. The zero-order valence-electron chi connectivity index (χ0n) is 14.7. The number of aromatic nitrogens is 1. The molecule has 2 aliphatic rings. The number of nitrogens with one attached hydrogen (secondary N) is 2. The molecule has 134 valence electrons. The van der Waals surface area contributed by atoms with Crippen molar-refractivity contribution in [2.24, 2.45) is 17.8 Å². The summed E-state index contributed by atoms with van der Waals surface area (Å²) in [4.78, 5) is 15.2. The third-order valence-corrected chi connectivity index (χ3v) is 5.95. The fourth-order valence-electron chi connectivity index (χ4n) is 4.60. The van der Waals surface area contributed by atoms with Crippen LogP contribution in [0.5, 0.6) is 5.75 Å². The lowest BCUT2D eigenvalue weighted by Gasteiger charge is -2.21. The smallest absolute Gasteiger partial charge is 0.407 e. The first-order chi connectivity index (χ1) is 12.2. The van der Waals surface area contributed by atoms with E-state index in [-0.39, 0.29) is 6.09 Å². The molecule has 1 aromatic heterocycles. The van der Waals surface area contributed by atoms with Crippen LogP contribution < -0.4 is 10.1 Å². The molecular weight excluding hydrogens is 316 g/mol. The van der Waals surface area contributed by atoms with Gasteiger partial charge in [-0.2, -0.15) is 0 Å². The minimum Gasteiger partial charge on any atom is -0.497 e. The number of aromatic amines is 1. The maximum absolute atomic E-state index is 11.9. The maximum atomic E-state index is 11.9. The number of benzene rings is 1. The molecule has 0 spiro atoms. The minimum absolute atomic E-state index is 0.291. The van der Waals surface area contributed by atoms with Crippen LogP contribution in [0.15, 0.2) is 24.4 Å². The van der Waals surface area contributed by atoms with Crippen molar-refractivity contribution in [3.8, 4) is 5.75 Å². The number of hydrogen-bond donors (Lipinski definition) is 2. The fourth-order valence-corrected chi connectivity index (χ4v) is 4.60. The van der Waals surface area contributed by atoms with Gasteiger partial charge in [0.2, 0.25) is 0 Å². The van der Waals surface area contributed by atoms with Crippen LogP contribution in [-0.4, -0.2) is 31.3 Å². The Morgan fingerprint density at radius 3 is 3.00 bits per heavy atom. The average molecular weight is 342 g/mol. The highest BCUT2D eigenvalue weighted by Crippen LogP contribution is 2.48. The summed E-state index contributed by atoms with van der Waals surface area (Å²) in [6.07, 6.45) is 7.75. The predicted octanol–water partition coefficient (Wildman–Crippen LogP) is 3.88. The van der Waals surface area contributed by atoms with Crippen molar-refractivity contribution in [1.82, 2.24) is 10.3 Å². The van der Waals surface area contributed by atoms with Gasteiger partial charge < -0.3 is 19.8 Å². The molecule has 0 radical (unpaired) electrons. The number of carbonyl (C=O) groups excluding carboxylic acids is 1. The predicted molar refractivity (Wildman–Crippen MR) is 96.8 cm³/mol. The van der Waals surface area contributed by atoms with E-state index in [4.69, 9.17) is 9.47 Å². The normalized spacial score (nSPS) is 24.6. The first-order valence-corrected chi connectivity index (χ1v) is 9.27. The van der Waals surface area contributed by atoms with Crippen LogP contribution in [0.1, 0.15) is 31.2 Å². The third kappa shape index (κ3) is 3.46. The second-order valence-electron chi connectivity index (χ2n) is 7.44. The molecule has 2 aromatic rings. The van der Waals surface area contributed by atoms with E-state index in [1.54, 1.807) is 7.11 Å². The molecule has 0 saturated heterocycles. The third-order valence-electron chi connectivity index (χ3n) is 5.95. The lowest BCUT2D eigenvalue weighted by molar-refractivity contribution is 0.111. The summed E-state index contributed by atoms with van der Waals surface area (Å²) in [6, 6.07) is 5.97. The molecular formula is C20H26N2O3. The van der Waals surface area contributed by atoms with E-state index < -0.39 is 0 Å². The molecule has 1 heterocycles.